The van der Waals surface area contributed by atoms with Gasteiger partial charge in [-0.15, -0.1) is 0 Å². The van der Waals surface area contributed by atoms with E-state index in [4.69, 9.17) is 11.6 Å². The monoisotopic (exact) mass is 149 g/mol. The molecule has 1 heterocycles. The summed E-state index contributed by atoms with van der Waals surface area (Å²) >= 11 is 4.88. The number of carbonyl (C=O) groups excluding carboxylic acids is 1. The molecule has 0 aliphatic heterocycles. The quantitative estimate of drug-likeness (QED) is 0.564. The van der Waals surface area contributed by atoms with Crippen LogP contribution in [0.15, 0.2) is 10.6 Å². The van der Waals surface area contributed by atoms with Crippen LogP contribution in [0.1, 0.15) is 10.6 Å². The van der Waals surface area contributed by atoms with Gasteiger partial charge < -0.3 is 4.52 Å². The normalized spacial score (nSPS) is 9.56. The van der Waals surface area contributed by atoms with Crippen LogP contribution in [0.4, 0.5) is 4.39 Å². The zero-order valence-electron chi connectivity index (χ0n) is 4.10. The van der Waals surface area contributed by atoms with Crippen LogP contribution in [-0.4, -0.2) is 10.4 Å². The molecule has 9 heavy (non-hydrogen) atoms. The van der Waals surface area contributed by atoms with Gasteiger partial charge in [0.1, 0.15) is 0 Å². The predicted octanol–water partition coefficient (Wildman–Crippen LogP) is 1.19. The Balaban J connectivity index is 2.98. The third kappa shape index (κ3) is 1.26. The molecule has 0 bridgehead atoms. The average Bonchev–Trinajstić information content (AvgIpc) is 2.14. The van der Waals surface area contributed by atoms with E-state index in [1.807, 2.05) is 0 Å². The molecule has 3 nitrogen and oxygen atoms in total. The number of carbonyl (C=O) groups is 1. The van der Waals surface area contributed by atoms with Gasteiger partial charge in [0, 0.05) is 6.07 Å². The van der Waals surface area contributed by atoms with Crippen LogP contribution in [0.2, 0.25) is 0 Å². The summed E-state index contributed by atoms with van der Waals surface area (Å²) in [4.78, 5) is 10.1. The van der Waals surface area contributed by atoms with E-state index in [-0.39, 0.29) is 5.76 Å². The van der Waals surface area contributed by atoms with E-state index < -0.39 is 11.2 Å². The maximum absolute atomic E-state index is 11.9. The summed E-state index contributed by atoms with van der Waals surface area (Å²) in [6.07, 6.45) is 0. The van der Waals surface area contributed by atoms with Gasteiger partial charge in [-0.25, -0.2) is 0 Å². The Hall–Kier alpha value is -0.900. The van der Waals surface area contributed by atoms with Gasteiger partial charge in [-0.1, -0.05) is 0 Å². The van der Waals surface area contributed by atoms with Crippen molar-refractivity contribution in [1.29, 1.82) is 0 Å². The number of halogens is 2. The van der Waals surface area contributed by atoms with Crippen LogP contribution in [-0.2, 0) is 0 Å². The number of nitrogens with zero attached hydrogens (tertiary/aromatic N) is 1. The maximum atomic E-state index is 11.9. The second kappa shape index (κ2) is 2.14. The maximum Gasteiger partial charge on any atom is 0.290 e. The van der Waals surface area contributed by atoms with E-state index in [2.05, 4.69) is 9.68 Å². The number of hydrogen-bond acceptors (Lipinski definition) is 3. The smallest absolute Gasteiger partial charge is 0.290 e. The van der Waals surface area contributed by atoms with Gasteiger partial charge in [0.05, 0.1) is 0 Å². The lowest BCUT2D eigenvalue weighted by molar-refractivity contribution is 0.104. The van der Waals surface area contributed by atoms with E-state index in [1.165, 1.54) is 0 Å². The van der Waals surface area contributed by atoms with E-state index in [9.17, 15) is 9.18 Å². The minimum Gasteiger partial charge on any atom is -0.349 e. The lowest BCUT2D eigenvalue weighted by Crippen LogP contribution is -1.81. The lowest BCUT2D eigenvalue weighted by Gasteiger charge is -1.74. The highest BCUT2D eigenvalue weighted by Gasteiger charge is 2.08. The Morgan fingerprint density at radius 1 is 1.89 bits per heavy atom. The second-order valence-corrected chi connectivity index (χ2v) is 1.63. The highest BCUT2D eigenvalue weighted by molar-refractivity contribution is 6.67. The van der Waals surface area contributed by atoms with E-state index in [0.717, 1.165) is 6.07 Å². The molecule has 0 saturated heterocycles. The second-order valence-electron chi connectivity index (χ2n) is 1.29. The number of aromatic nitrogens is 1. The van der Waals surface area contributed by atoms with Gasteiger partial charge >= 0.3 is 0 Å². The molecule has 0 atom stereocenters. The largest absolute Gasteiger partial charge is 0.349 e. The molecule has 1 aromatic rings. The third-order valence-electron chi connectivity index (χ3n) is 0.675. The van der Waals surface area contributed by atoms with Gasteiger partial charge in [0.15, 0.2) is 0 Å². The molecule has 1 rings (SSSR count). The first-order valence-electron chi connectivity index (χ1n) is 2.02. The zero-order chi connectivity index (χ0) is 6.85. The van der Waals surface area contributed by atoms with Crippen molar-refractivity contribution in [2.75, 3.05) is 0 Å². The van der Waals surface area contributed by atoms with Gasteiger partial charge in [-0.2, -0.15) is 4.39 Å². The Bertz CT molecular complexity index is 234. The molecule has 0 spiro atoms. The van der Waals surface area contributed by atoms with Crippen LogP contribution >= 0.6 is 11.6 Å². The molecular weight excluding hydrogens is 148 g/mol. The summed E-state index contributed by atoms with van der Waals surface area (Å²) in [5, 5.41) is 1.94. The highest BCUT2D eigenvalue weighted by atomic mass is 35.5. The van der Waals surface area contributed by atoms with Crippen LogP contribution in [0, 0.1) is 5.95 Å². The van der Waals surface area contributed by atoms with Crippen molar-refractivity contribution in [2.45, 2.75) is 0 Å². The van der Waals surface area contributed by atoms with Crippen LogP contribution in [0.25, 0.3) is 0 Å². The Kier molecular flexibility index (Phi) is 1.48. The predicted molar refractivity (Wildman–Crippen MR) is 26.6 cm³/mol. The molecule has 0 unspecified atom stereocenters. The lowest BCUT2D eigenvalue weighted by atomic mass is 10.5. The van der Waals surface area contributed by atoms with Gasteiger partial charge in [-0.3, -0.25) is 4.79 Å². The minimum atomic E-state index is -0.855. The molecule has 0 aliphatic rings. The third-order valence-corrected chi connectivity index (χ3v) is 0.861. The van der Waals surface area contributed by atoms with Crippen LogP contribution < -0.4 is 0 Å². The van der Waals surface area contributed by atoms with Crippen molar-refractivity contribution < 1.29 is 13.7 Å². The molecule has 0 amide bonds. The first kappa shape index (κ1) is 6.22. The van der Waals surface area contributed by atoms with E-state index in [0.29, 0.717) is 0 Å². The average molecular weight is 150 g/mol. The van der Waals surface area contributed by atoms with Crippen molar-refractivity contribution in [3.63, 3.8) is 0 Å². The molecule has 5 heteroatoms. The molecule has 0 aliphatic carbocycles. The molecule has 1 aromatic heterocycles. The fraction of sp³-hybridized carbons (Fsp3) is 0. The molecular formula is C4HClFNO2. The number of hydrogen-bond donors (Lipinski definition) is 0. The molecule has 0 saturated carbocycles. The zero-order valence-corrected chi connectivity index (χ0v) is 4.85. The topological polar surface area (TPSA) is 43.1 Å². The summed E-state index contributed by atoms with van der Waals surface area (Å²) in [6, 6.07) is 0.815. The fourth-order valence-corrected chi connectivity index (χ4v) is 0.435. The Morgan fingerprint density at radius 3 is 2.78 bits per heavy atom. The Labute approximate surface area is 54.4 Å². The number of rotatable bonds is 1. The van der Waals surface area contributed by atoms with Crippen molar-refractivity contribution in [2.24, 2.45) is 0 Å². The van der Waals surface area contributed by atoms with E-state index in [1.54, 1.807) is 0 Å². The standard InChI is InChI=1S/C4HClFNO2/c5-4(8)2-1-3(6)7-9-2/h1H. The van der Waals surface area contributed by atoms with Crippen LogP contribution in [0.5, 0.6) is 0 Å². The van der Waals surface area contributed by atoms with Gasteiger partial charge in [-0.05, 0) is 16.8 Å². The SMILES string of the molecule is O=C(Cl)c1cc(F)no1. The van der Waals surface area contributed by atoms with Crippen molar-refractivity contribution in [1.82, 2.24) is 5.16 Å². The summed E-state index contributed by atoms with van der Waals surface area (Å²) < 4.78 is 16.0. The van der Waals surface area contributed by atoms with Gasteiger partial charge in [0.25, 0.3) is 11.2 Å². The summed E-state index contributed by atoms with van der Waals surface area (Å²) in [5.74, 6) is -1.13. The van der Waals surface area contributed by atoms with E-state index >= 15 is 0 Å². The molecule has 0 radical (unpaired) electrons. The summed E-state index contributed by atoms with van der Waals surface area (Å²) in [5.41, 5.74) is 0. The molecule has 0 N–H and O–H groups in total. The molecule has 0 fully saturated rings. The van der Waals surface area contributed by atoms with Crippen LogP contribution in [0.3, 0.4) is 0 Å². The first-order chi connectivity index (χ1) is 4.20. The van der Waals surface area contributed by atoms with Crippen molar-refractivity contribution in [3.8, 4) is 0 Å². The molecule has 0 aromatic carbocycles. The Morgan fingerprint density at radius 2 is 2.56 bits per heavy atom. The van der Waals surface area contributed by atoms with Crippen molar-refractivity contribution in [3.05, 3.63) is 17.8 Å². The summed E-state index contributed by atoms with van der Waals surface area (Å²) in [6.45, 7) is 0. The van der Waals surface area contributed by atoms with Crippen molar-refractivity contribution >= 4 is 16.8 Å². The minimum absolute atomic E-state index is 0.283. The van der Waals surface area contributed by atoms with Gasteiger partial charge in [0.2, 0.25) is 5.76 Å². The first-order valence-corrected chi connectivity index (χ1v) is 2.40. The summed E-state index contributed by atoms with van der Waals surface area (Å²) in [7, 11) is 0. The highest BCUT2D eigenvalue weighted by Crippen LogP contribution is 2.03. The molecule has 48 valence electrons. The fourth-order valence-electron chi connectivity index (χ4n) is 0.346.